The maximum atomic E-state index is 12.9. The van der Waals surface area contributed by atoms with Crippen LogP contribution in [0.2, 0.25) is 0 Å². The van der Waals surface area contributed by atoms with Crippen molar-refractivity contribution in [2.24, 2.45) is 0 Å². The highest BCUT2D eigenvalue weighted by atomic mass is 32.1. The lowest BCUT2D eigenvalue weighted by Crippen LogP contribution is -2.34. The molecule has 2 amide bonds. The van der Waals surface area contributed by atoms with Crippen molar-refractivity contribution in [2.75, 3.05) is 30.8 Å². The summed E-state index contributed by atoms with van der Waals surface area (Å²) in [6.45, 7) is 5.03. The van der Waals surface area contributed by atoms with Gasteiger partial charge in [0.1, 0.15) is 26.9 Å². The topological polar surface area (TPSA) is 132 Å². The number of pyridine rings is 1. The van der Waals surface area contributed by atoms with Crippen LogP contribution in [0.15, 0.2) is 53.3 Å². The number of anilines is 2. The van der Waals surface area contributed by atoms with Crippen molar-refractivity contribution in [3.05, 3.63) is 73.6 Å². The fraction of sp³-hybridized carbons (Fsp3) is 0.269. The van der Waals surface area contributed by atoms with E-state index in [1.165, 1.54) is 10.8 Å². The Balaban J connectivity index is 1.75. The monoisotopic (exact) mass is 519 g/mol. The molecule has 0 unspecified atom stereocenters. The van der Waals surface area contributed by atoms with Crippen LogP contribution in [-0.4, -0.2) is 46.4 Å². The molecule has 0 aliphatic heterocycles. The summed E-state index contributed by atoms with van der Waals surface area (Å²) in [5.74, 6) is 0.0601. The molecule has 192 valence electrons. The lowest BCUT2D eigenvalue weighted by atomic mass is 10.2. The van der Waals surface area contributed by atoms with Crippen molar-refractivity contribution < 1.29 is 9.59 Å². The van der Waals surface area contributed by atoms with Crippen LogP contribution in [0.1, 0.15) is 19.4 Å². The first kappa shape index (κ1) is 27.3. The molecule has 1 aromatic carbocycles. The van der Waals surface area contributed by atoms with Crippen LogP contribution >= 0.6 is 11.3 Å². The van der Waals surface area contributed by atoms with Crippen LogP contribution in [0.3, 0.4) is 0 Å². The fourth-order valence-corrected chi connectivity index (χ4v) is 4.63. The molecule has 11 heteroatoms. The van der Waals surface area contributed by atoms with Gasteiger partial charge in [-0.3, -0.25) is 23.9 Å². The van der Waals surface area contributed by atoms with E-state index in [4.69, 9.17) is 0 Å². The Morgan fingerprint density at radius 2 is 1.86 bits per heavy atom. The molecule has 2 aromatic heterocycles. The summed E-state index contributed by atoms with van der Waals surface area (Å²) >= 11 is 1.05. The number of nitriles is 1. The molecular weight excluding hydrogens is 490 g/mol. The zero-order chi connectivity index (χ0) is 26.8. The van der Waals surface area contributed by atoms with E-state index in [2.05, 4.69) is 20.9 Å². The third kappa shape index (κ3) is 7.36. The molecule has 0 radical (unpaired) electrons. The fourth-order valence-electron chi connectivity index (χ4n) is 3.54. The maximum Gasteiger partial charge on any atom is 0.270 e. The molecule has 37 heavy (non-hydrogen) atoms. The number of nitrogens with one attached hydrogen (secondary N) is 3. The summed E-state index contributed by atoms with van der Waals surface area (Å²) in [5.41, 5.74) is 0.686. The average molecular weight is 520 g/mol. The number of aromatic nitrogens is 2. The van der Waals surface area contributed by atoms with Gasteiger partial charge in [-0.15, -0.1) is 11.3 Å². The predicted molar refractivity (Wildman–Crippen MR) is 145 cm³/mol. The van der Waals surface area contributed by atoms with E-state index >= 15 is 0 Å². The lowest BCUT2D eigenvalue weighted by molar-refractivity contribution is -0.117. The van der Waals surface area contributed by atoms with Gasteiger partial charge < -0.3 is 16.0 Å². The minimum atomic E-state index is -0.521. The Bertz CT molecular complexity index is 1470. The largest absolute Gasteiger partial charge is 0.352 e. The van der Waals surface area contributed by atoms with Gasteiger partial charge in [-0.2, -0.15) is 5.26 Å². The molecule has 0 atom stereocenters. The summed E-state index contributed by atoms with van der Waals surface area (Å²) in [6.07, 6.45) is 1.48. The first-order chi connectivity index (χ1) is 17.9. The smallest absolute Gasteiger partial charge is 0.270 e. The molecule has 2 heterocycles. The van der Waals surface area contributed by atoms with Gasteiger partial charge in [-0.05, 0) is 38.6 Å². The Morgan fingerprint density at radius 3 is 2.54 bits per heavy atom. The van der Waals surface area contributed by atoms with Gasteiger partial charge in [-0.25, -0.2) is 4.98 Å². The third-order valence-corrected chi connectivity index (χ3v) is 6.32. The molecule has 3 aromatic rings. The maximum absolute atomic E-state index is 12.9. The molecule has 0 spiro atoms. The molecule has 3 rings (SSSR count). The summed E-state index contributed by atoms with van der Waals surface area (Å²) in [5, 5.41) is 17.9. The van der Waals surface area contributed by atoms with Crippen molar-refractivity contribution in [3.8, 4) is 6.07 Å². The van der Waals surface area contributed by atoms with Gasteiger partial charge in [0.15, 0.2) is 5.57 Å². The van der Waals surface area contributed by atoms with Gasteiger partial charge in [-0.1, -0.05) is 36.4 Å². The summed E-state index contributed by atoms with van der Waals surface area (Å²) in [7, 11) is 1.87. The van der Waals surface area contributed by atoms with E-state index in [9.17, 15) is 19.6 Å². The molecule has 0 fully saturated rings. The minimum absolute atomic E-state index is 0.106. The Kier molecular flexibility index (Phi) is 9.71. The Labute approximate surface area is 218 Å². The van der Waals surface area contributed by atoms with Crippen LogP contribution < -0.4 is 30.7 Å². The van der Waals surface area contributed by atoms with Crippen LogP contribution in [0.4, 0.5) is 11.6 Å². The van der Waals surface area contributed by atoms with E-state index in [1.54, 1.807) is 32.0 Å². The first-order valence-electron chi connectivity index (χ1n) is 11.7. The summed E-state index contributed by atoms with van der Waals surface area (Å²) in [6, 6.07) is 16.9. The first-order valence-corrected chi connectivity index (χ1v) is 12.6. The van der Waals surface area contributed by atoms with Gasteiger partial charge in [0.25, 0.3) is 11.5 Å². The number of nitrogens with zero attached hydrogens (tertiary/aromatic N) is 4. The number of thiazole rings is 1. The second-order valence-electron chi connectivity index (χ2n) is 8.07. The highest BCUT2D eigenvalue weighted by Gasteiger charge is 2.14. The number of amides is 2. The summed E-state index contributed by atoms with van der Waals surface area (Å²) in [4.78, 5) is 43.9. The lowest BCUT2D eigenvalue weighted by Gasteiger charge is -2.16. The van der Waals surface area contributed by atoms with E-state index in [0.717, 1.165) is 16.9 Å². The average Bonchev–Trinajstić information content (AvgIpc) is 3.18. The molecule has 0 saturated carbocycles. The normalized spacial score (nSPS) is 12.1. The zero-order valence-electron chi connectivity index (χ0n) is 20.9. The summed E-state index contributed by atoms with van der Waals surface area (Å²) < 4.78 is 2.00. The predicted octanol–water partition coefficient (Wildman–Crippen LogP) is 1.06. The van der Waals surface area contributed by atoms with Crippen molar-refractivity contribution >= 4 is 46.6 Å². The van der Waals surface area contributed by atoms with Crippen LogP contribution in [-0.2, 0) is 22.7 Å². The number of carbonyl (C=O) groups is 2. The number of carbonyl (C=O) groups excluding carboxylic acids is 2. The highest BCUT2D eigenvalue weighted by molar-refractivity contribution is 7.07. The van der Waals surface area contributed by atoms with Crippen LogP contribution in [0.25, 0.3) is 11.8 Å². The van der Waals surface area contributed by atoms with Gasteiger partial charge >= 0.3 is 0 Å². The molecule has 0 aliphatic carbocycles. The molecule has 3 N–H and O–H groups in total. The van der Waals surface area contributed by atoms with Crippen molar-refractivity contribution in [1.82, 2.24) is 19.8 Å². The van der Waals surface area contributed by atoms with E-state index in [-0.39, 0.29) is 23.6 Å². The SMILES string of the molecule is CCNC(=O)C(C#N)=c1sc(=CNc2cccc(NC(=O)CN(C)Cc3ccccc3)n2)c(=O)n1CC. The minimum Gasteiger partial charge on any atom is -0.352 e. The van der Waals surface area contributed by atoms with Gasteiger partial charge in [0.2, 0.25) is 5.91 Å². The Morgan fingerprint density at radius 1 is 1.14 bits per heavy atom. The number of rotatable bonds is 10. The quantitative estimate of drug-likeness (QED) is 0.365. The zero-order valence-corrected chi connectivity index (χ0v) is 21.8. The molecule has 0 saturated heterocycles. The Hall–Kier alpha value is -4.27. The molecular formula is C26H29N7O3S. The number of hydrogen-bond donors (Lipinski definition) is 3. The third-order valence-electron chi connectivity index (χ3n) is 5.19. The number of benzene rings is 1. The van der Waals surface area contributed by atoms with E-state index in [0.29, 0.717) is 40.5 Å². The molecule has 0 aliphatic rings. The second kappa shape index (κ2) is 13.2. The van der Waals surface area contributed by atoms with E-state index in [1.807, 2.05) is 48.3 Å². The highest BCUT2D eigenvalue weighted by Crippen LogP contribution is 2.10. The standard InChI is InChI=1S/C26H29N7O3S/c1-4-28-24(35)19(14-27)26-33(5-2)25(36)20(37-26)15-29-21-12-9-13-22(30-21)31-23(34)17-32(3)16-18-10-7-6-8-11-18/h6-13,15H,4-5,16-17H2,1-3H3,(H,28,35)(H2,29,30,31,34). The van der Waals surface area contributed by atoms with Crippen molar-refractivity contribution in [1.29, 1.82) is 5.26 Å². The second-order valence-corrected chi connectivity index (χ2v) is 9.10. The number of likely N-dealkylation sites (N-methyl/N-ethyl adjacent to an activating group) is 1. The van der Waals surface area contributed by atoms with Crippen LogP contribution in [0, 0.1) is 11.3 Å². The van der Waals surface area contributed by atoms with Gasteiger partial charge in [0, 0.05) is 25.8 Å². The molecule has 0 bridgehead atoms. The van der Waals surface area contributed by atoms with E-state index < -0.39 is 5.91 Å². The molecule has 10 nitrogen and oxygen atoms in total. The van der Waals surface area contributed by atoms with Crippen molar-refractivity contribution in [2.45, 2.75) is 26.9 Å². The van der Waals surface area contributed by atoms with Crippen molar-refractivity contribution in [3.63, 3.8) is 0 Å². The van der Waals surface area contributed by atoms with Crippen LogP contribution in [0.5, 0.6) is 0 Å². The number of hydrogen-bond acceptors (Lipinski definition) is 8. The van der Waals surface area contributed by atoms with Gasteiger partial charge in [0.05, 0.1) is 6.54 Å².